The quantitative estimate of drug-likeness (QED) is 0.843. The molecule has 2 unspecified atom stereocenters. The fraction of sp³-hybridized carbons (Fsp3) is 0.615. The minimum Gasteiger partial charge on any atom is -0.380 e. The third kappa shape index (κ3) is 2.80. The molecule has 1 fully saturated rings. The van der Waals surface area contributed by atoms with Crippen molar-refractivity contribution >= 4 is 0 Å². The first kappa shape index (κ1) is 11.6. The number of hydrogen-bond donors (Lipinski definition) is 1. The van der Waals surface area contributed by atoms with Crippen LogP contribution in [0.3, 0.4) is 0 Å². The molecule has 16 heavy (non-hydrogen) atoms. The Morgan fingerprint density at radius 1 is 1.44 bits per heavy atom. The molecule has 1 heterocycles. The fourth-order valence-electron chi connectivity index (χ4n) is 2.28. The van der Waals surface area contributed by atoms with Crippen LogP contribution in [0.1, 0.15) is 30.5 Å². The largest absolute Gasteiger partial charge is 0.380 e. The fourth-order valence-corrected chi connectivity index (χ4v) is 2.28. The van der Waals surface area contributed by atoms with E-state index in [0.717, 1.165) is 12.2 Å². The molecule has 3 heteroatoms. The van der Waals surface area contributed by atoms with Crippen LogP contribution < -0.4 is 5.32 Å². The summed E-state index contributed by atoms with van der Waals surface area (Å²) in [5.41, 5.74) is 2.31. The van der Waals surface area contributed by atoms with Gasteiger partial charge < -0.3 is 10.1 Å². The van der Waals surface area contributed by atoms with Crippen LogP contribution in [0.5, 0.6) is 0 Å². The van der Waals surface area contributed by atoms with E-state index in [1.807, 2.05) is 6.20 Å². The highest BCUT2D eigenvalue weighted by atomic mass is 16.5. The third-order valence-corrected chi connectivity index (χ3v) is 3.27. The summed E-state index contributed by atoms with van der Waals surface area (Å²) in [7, 11) is 1.80. The summed E-state index contributed by atoms with van der Waals surface area (Å²) in [6.45, 7) is 2.90. The number of nitrogens with one attached hydrogen (secondary N) is 1. The molecule has 0 saturated heterocycles. The highest BCUT2D eigenvalue weighted by Gasteiger charge is 2.26. The molecule has 1 aliphatic rings. The zero-order valence-electron chi connectivity index (χ0n) is 10.1. The Morgan fingerprint density at radius 2 is 2.31 bits per heavy atom. The summed E-state index contributed by atoms with van der Waals surface area (Å²) in [5.74, 6) is 0. The zero-order chi connectivity index (χ0) is 11.4. The summed E-state index contributed by atoms with van der Waals surface area (Å²) in [4.78, 5) is 4.39. The molecule has 1 saturated carbocycles. The van der Waals surface area contributed by atoms with Crippen LogP contribution in [-0.4, -0.2) is 24.2 Å². The number of methoxy groups -OCH3 is 1. The van der Waals surface area contributed by atoms with Gasteiger partial charge in [-0.1, -0.05) is 6.07 Å². The Kier molecular flexibility index (Phi) is 3.91. The molecule has 2 rings (SSSR count). The van der Waals surface area contributed by atoms with Gasteiger partial charge in [0.2, 0.25) is 0 Å². The van der Waals surface area contributed by atoms with E-state index in [4.69, 9.17) is 4.74 Å². The highest BCUT2D eigenvalue weighted by molar-refractivity contribution is 5.12. The number of aromatic nitrogens is 1. The lowest BCUT2D eigenvalue weighted by Gasteiger charge is -2.19. The molecule has 0 aromatic carbocycles. The average Bonchev–Trinajstić information content (AvgIpc) is 2.76. The molecule has 0 radical (unpaired) electrons. The van der Waals surface area contributed by atoms with Crippen LogP contribution >= 0.6 is 0 Å². The Labute approximate surface area is 97.2 Å². The van der Waals surface area contributed by atoms with Crippen molar-refractivity contribution in [2.75, 3.05) is 7.11 Å². The van der Waals surface area contributed by atoms with Crippen LogP contribution in [-0.2, 0) is 11.3 Å². The number of ether oxygens (including phenoxy) is 1. The second-order valence-electron chi connectivity index (χ2n) is 4.52. The lowest BCUT2D eigenvalue weighted by atomic mass is 10.2. The summed E-state index contributed by atoms with van der Waals surface area (Å²) in [6, 6.07) is 4.68. The molecule has 2 atom stereocenters. The Bertz CT molecular complexity index is 323. The summed E-state index contributed by atoms with van der Waals surface area (Å²) in [5, 5.41) is 3.53. The van der Waals surface area contributed by atoms with Gasteiger partial charge in [0.25, 0.3) is 0 Å². The number of hydrogen-bond acceptors (Lipinski definition) is 3. The van der Waals surface area contributed by atoms with Gasteiger partial charge in [-0.3, -0.25) is 4.98 Å². The molecular weight excluding hydrogens is 200 g/mol. The molecule has 3 nitrogen and oxygen atoms in total. The van der Waals surface area contributed by atoms with Crippen molar-refractivity contribution in [1.29, 1.82) is 0 Å². The molecule has 0 amide bonds. The first-order valence-corrected chi connectivity index (χ1v) is 5.97. The van der Waals surface area contributed by atoms with Crippen molar-refractivity contribution in [3.05, 3.63) is 29.6 Å². The van der Waals surface area contributed by atoms with Gasteiger partial charge in [0.05, 0.1) is 11.8 Å². The molecule has 0 bridgehead atoms. The maximum absolute atomic E-state index is 5.45. The van der Waals surface area contributed by atoms with Crippen molar-refractivity contribution in [2.24, 2.45) is 0 Å². The molecule has 1 aromatic rings. The van der Waals surface area contributed by atoms with E-state index in [0.29, 0.717) is 12.1 Å². The van der Waals surface area contributed by atoms with Crippen LogP contribution in [0.4, 0.5) is 0 Å². The van der Waals surface area contributed by atoms with Crippen molar-refractivity contribution in [1.82, 2.24) is 10.3 Å². The van der Waals surface area contributed by atoms with Gasteiger partial charge in [-0.25, -0.2) is 0 Å². The second-order valence-corrected chi connectivity index (χ2v) is 4.52. The van der Waals surface area contributed by atoms with Gasteiger partial charge in [-0.2, -0.15) is 0 Å². The molecular formula is C13H20N2O. The Morgan fingerprint density at radius 3 is 3.00 bits per heavy atom. The van der Waals surface area contributed by atoms with Crippen molar-refractivity contribution < 1.29 is 4.74 Å². The van der Waals surface area contributed by atoms with E-state index in [2.05, 4.69) is 29.4 Å². The smallest absolute Gasteiger partial charge is 0.0724 e. The SMILES string of the molecule is COC1CCCC1NCc1ccc(C)cn1. The van der Waals surface area contributed by atoms with Crippen LogP contribution in [0.25, 0.3) is 0 Å². The van der Waals surface area contributed by atoms with E-state index in [-0.39, 0.29) is 0 Å². The second kappa shape index (κ2) is 5.41. The maximum atomic E-state index is 5.45. The minimum atomic E-state index is 0.380. The molecule has 0 spiro atoms. The van der Waals surface area contributed by atoms with E-state index in [1.165, 1.54) is 24.8 Å². The zero-order valence-corrected chi connectivity index (χ0v) is 10.1. The summed E-state index contributed by atoms with van der Waals surface area (Å²) >= 11 is 0. The van der Waals surface area contributed by atoms with Gasteiger partial charge in [0.1, 0.15) is 0 Å². The molecule has 1 aromatic heterocycles. The number of nitrogens with zero attached hydrogens (tertiary/aromatic N) is 1. The lowest BCUT2D eigenvalue weighted by molar-refractivity contribution is 0.0846. The monoisotopic (exact) mass is 220 g/mol. The van der Waals surface area contributed by atoms with Gasteiger partial charge in [-0.15, -0.1) is 0 Å². The van der Waals surface area contributed by atoms with Gasteiger partial charge in [0.15, 0.2) is 0 Å². The molecule has 0 aliphatic heterocycles. The first-order valence-electron chi connectivity index (χ1n) is 5.97. The maximum Gasteiger partial charge on any atom is 0.0724 e. The van der Waals surface area contributed by atoms with E-state index >= 15 is 0 Å². The first-order chi connectivity index (χ1) is 7.79. The Balaban J connectivity index is 1.85. The van der Waals surface area contributed by atoms with Crippen LogP contribution in [0.2, 0.25) is 0 Å². The van der Waals surface area contributed by atoms with E-state index in [9.17, 15) is 0 Å². The minimum absolute atomic E-state index is 0.380. The van der Waals surface area contributed by atoms with E-state index in [1.54, 1.807) is 7.11 Å². The number of pyridine rings is 1. The molecule has 1 aliphatic carbocycles. The third-order valence-electron chi connectivity index (χ3n) is 3.27. The van der Waals surface area contributed by atoms with Crippen LogP contribution in [0.15, 0.2) is 18.3 Å². The molecule has 1 N–H and O–H groups in total. The van der Waals surface area contributed by atoms with Crippen LogP contribution in [0, 0.1) is 6.92 Å². The van der Waals surface area contributed by atoms with Crippen molar-refractivity contribution in [3.63, 3.8) is 0 Å². The highest BCUT2D eigenvalue weighted by Crippen LogP contribution is 2.21. The van der Waals surface area contributed by atoms with E-state index < -0.39 is 0 Å². The van der Waals surface area contributed by atoms with Gasteiger partial charge in [0, 0.05) is 25.9 Å². The Hall–Kier alpha value is -0.930. The number of rotatable bonds is 4. The average molecular weight is 220 g/mol. The summed E-state index contributed by atoms with van der Waals surface area (Å²) in [6.07, 6.45) is 5.95. The van der Waals surface area contributed by atoms with Gasteiger partial charge in [-0.05, 0) is 37.8 Å². The van der Waals surface area contributed by atoms with Crippen molar-refractivity contribution in [2.45, 2.75) is 44.9 Å². The standard InChI is InChI=1S/C13H20N2O/c1-10-6-7-11(14-8-10)9-15-12-4-3-5-13(12)16-2/h6-8,12-13,15H,3-5,9H2,1-2H3. The molecule has 88 valence electrons. The lowest BCUT2D eigenvalue weighted by Crippen LogP contribution is -2.36. The normalized spacial score (nSPS) is 24.9. The summed E-state index contributed by atoms with van der Waals surface area (Å²) < 4.78 is 5.45. The predicted octanol–water partition coefficient (Wildman–Crippen LogP) is 2.05. The van der Waals surface area contributed by atoms with Crippen molar-refractivity contribution in [3.8, 4) is 0 Å². The topological polar surface area (TPSA) is 34.1 Å². The number of aryl methyl sites for hydroxylation is 1. The van der Waals surface area contributed by atoms with Gasteiger partial charge >= 0.3 is 0 Å². The predicted molar refractivity (Wildman–Crippen MR) is 64.2 cm³/mol.